The van der Waals surface area contributed by atoms with Gasteiger partial charge >= 0.3 is 0 Å². The van der Waals surface area contributed by atoms with Gasteiger partial charge in [-0.3, -0.25) is 13.9 Å². The molecular formula is C31H38ClN3O5S. The van der Waals surface area contributed by atoms with Crippen molar-refractivity contribution in [2.24, 2.45) is 0 Å². The number of aryl methyl sites for hydroxylation is 1. The average Bonchev–Trinajstić information content (AvgIpc) is 2.93. The molecule has 41 heavy (non-hydrogen) atoms. The SMILES string of the molecule is CCOc1ccccc1N(CC(=O)N(Cc1ccccc1C)[C@H](CC)C(=O)NC(C)C)S(=O)(=O)c1ccc(Cl)cc1. The summed E-state index contributed by atoms with van der Waals surface area (Å²) in [6.07, 6.45) is 0.343. The summed E-state index contributed by atoms with van der Waals surface area (Å²) < 4.78 is 34.9. The van der Waals surface area contributed by atoms with Gasteiger partial charge in [0.15, 0.2) is 0 Å². The molecule has 220 valence electrons. The second kappa shape index (κ2) is 14.4. The Bertz CT molecular complexity index is 1440. The molecule has 0 aliphatic heterocycles. The number of hydrogen-bond acceptors (Lipinski definition) is 5. The fourth-order valence-corrected chi connectivity index (χ4v) is 6.01. The van der Waals surface area contributed by atoms with Crippen LogP contribution in [0.2, 0.25) is 5.02 Å². The maximum atomic E-state index is 14.2. The topological polar surface area (TPSA) is 96.0 Å². The number of carbonyl (C=O) groups is 2. The van der Waals surface area contributed by atoms with Gasteiger partial charge in [-0.2, -0.15) is 0 Å². The Kier molecular flexibility index (Phi) is 11.2. The third kappa shape index (κ3) is 8.01. The van der Waals surface area contributed by atoms with Crippen molar-refractivity contribution in [1.29, 1.82) is 0 Å². The number of anilines is 1. The predicted molar refractivity (Wildman–Crippen MR) is 163 cm³/mol. The van der Waals surface area contributed by atoms with Crippen molar-refractivity contribution in [3.8, 4) is 5.75 Å². The van der Waals surface area contributed by atoms with Gasteiger partial charge in [-0.25, -0.2) is 8.42 Å². The fraction of sp³-hybridized carbons (Fsp3) is 0.355. The van der Waals surface area contributed by atoms with Crippen LogP contribution in [0.1, 0.15) is 45.2 Å². The number of hydrogen-bond donors (Lipinski definition) is 1. The van der Waals surface area contributed by atoms with Gasteiger partial charge in [0, 0.05) is 17.6 Å². The first-order valence-electron chi connectivity index (χ1n) is 13.6. The molecule has 3 rings (SSSR count). The fourth-order valence-electron chi connectivity index (χ4n) is 4.46. The molecule has 3 aromatic carbocycles. The van der Waals surface area contributed by atoms with Gasteiger partial charge in [0.2, 0.25) is 11.8 Å². The highest BCUT2D eigenvalue weighted by atomic mass is 35.5. The Morgan fingerprint density at radius 2 is 1.59 bits per heavy atom. The maximum absolute atomic E-state index is 14.2. The zero-order valence-corrected chi connectivity index (χ0v) is 25.7. The van der Waals surface area contributed by atoms with Crippen molar-refractivity contribution >= 4 is 39.1 Å². The Hall–Kier alpha value is -3.56. The molecule has 1 atom stereocenters. The van der Waals surface area contributed by atoms with Crippen LogP contribution < -0.4 is 14.4 Å². The highest BCUT2D eigenvalue weighted by Crippen LogP contribution is 2.33. The Morgan fingerprint density at radius 3 is 2.20 bits per heavy atom. The number of sulfonamides is 1. The second-order valence-electron chi connectivity index (χ2n) is 9.90. The van der Waals surface area contributed by atoms with E-state index in [1.807, 2.05) is 52.0 Å². The summed E-state index contributed by atoms with van der Waals surface area (Å²) >= 11 is 6.03. The van der Waals surface area contributed by atoms with Crippen molar-refractivity contribution in [3.63, 3.8) is 0 Å². The summed E-state index contributed by atoms with van der Waals surface area (Å²) in [7, 11) is -4.25. The predicted octanol–water partition coefficient (Wildman–Crippen LogP) is 5.57. The molecule has 0 fully saturated rings. The first kappa shape index (κ1) is 32.0. The molecule has 0 heterocycles. The number of para-hydroxylation sites is 2. The molecule has 10 heteroatoms. The second-order valence-corrected chi connectivity index (χ2v) is 12.2. The van der Waals surface area contributed by atoms with Gasteiger partial charge in [0.1, 0.15) is 18.3 Å². The van der Waals surface area contributed by atoms with E-state index in [0.29, 0.717) is 23.8 Å². The van der Waals surface area contributed by atoms with Gasteiger partial charge in [-0.15, -0.1) is 0 Å². The lowest BCUT2D eigenvalue weighted by molar-refractivity contribution is -0.140. The number of amides is 2. The molecule has 0 spiro atoms. The quantitative estimate of drug-likeness (QED) is 0.277. The van der Waals surface area contributed by atoms with Gasteiger partial charge in [0.25, 0.3) is 10.0 Å². The molecule has 8 nitrogen and oxygen atoms in total. The van der Waals surface area contributed by atoms with E-state index >= 15 is 0 Å². The summed E-state index contributed by atoms with van der Waals surface area (Å²) in [5, 5.41) is 3.29. The zero-order valence-electron chi connectivity index (χ0n) is 24.1. The molecule has 2 amide bonds. The number of benzene rings is 3. The lowest BCUT2D eigenvalue weighted by Gasteiger charge is -2.34. The van der Waals surface area contributed by atoms with Crippen molar-refractivity contribution in [1.82, 2.24) is 10.2 Å². The third-order valence-corrected chi connectivity index (χ3v) is 8.56. The Labute approximate surface area is 248 Å². The van der Waals surface area contributed by atoms with E-state index < -0.39 is 28.5 Å². The van der Waals surface area contributed by atoms with Crippen LogP contribution >= 0.6 is 11.6 Å². The first-order chi connectivity index (χ1) is 19.5. The molecule has 3 aromatic rings. The van der Waals surface area contributed by atoms with Crippen LogP contribution in [0, 0.1) is 6.92 Å². The minimum absolute atomic E-state index is 0.0314. The summed E-state index contributed by atoms with van der Waals surface area (Å²) in [6, 6.07) is 19.1. The van der Waals surface area contributed by atoms with E-state index in [1.54, 1.807) is 31.2 Å². The third-order valence-electron chi connectivity index (χ3n) is 6.53. The number of nitrogens with zero attached hydrogens (tertiary/aromatic N) is 2. The first-order valence-corrected chi connectivity index (χ1v) is 15.5. The molecule has 0 saturated heterocycles. The molecule has 0 bridgehead atoms. The highest BCUT2D eigenvalue weighted by Gasteiger charge is 2.35. The maximum Gasteiger partial charge on any atom is 0.264 e. The van der Waals surface area contributed by atoms with E-state index in [4.69, 9.17) is 16.3 Å². The number of ether oxygens (including phenoxy) is 1. The smallest absolute Gasteiger partial charge is 0.264 e. The monoisotopic (exact) mass is 599 g/mol. The zero-order chi connectivity index (χ0) is 30.2. The van der Waals surface area contributed by atoms with E-state index in [-0.39, 0.29) is 29.1 Å². The van der Waals surface area contributed by atoms with Crippen molar-refractivity contribution in [2.75, 3.05) is 17.5 Å². The molecule has 0 aliphatic rings. The van der Waals surface area contributed by atoms with Gasteiger partial charge in [-0.1, -0.05) is 54.9 Å². The summed E-state index contributed by atoms with van der Waals surface area (Å²) in [5.74, 6) is -0.510. The van der Waals surface area contributed by atoms with E-state index in [1.165, 1.54) is 29.2 Å². The van der Waals surface area contributed by atoms with Crippen molar-refractivity contribution in [2.45, 2.75) is 64.6 Å². The molecule has 0 radical (unpaired) electrons. The molecule has 0 unspecified atom stereocenters. The van der Waals surface area contributed by atoms with Crippen LogP contribution in [-0.4, -0.2) is 50.4 Å². The van der Waals surface area contributed by atoms with Crippen LogP contribution in [0.4, 0.5) is 5.69 Å². The van der Waals surface area contributed by atoms with Crippen LogP contribution in [0.25, 0.3) is 0 Å². The van der Waals surface area contributed by atoms with E-state index in [2.05, 4.69) is 5.32 Å². The largest absolute Gasteiger partial charge is 0.492 e. The molecule has 0 saturated carbocycles. The molecule has 0 aliphatic carbocycles. The minimum atomic E-state index is -4.25. The summed E-state index contributed by atoms with van der Waals surface area (Å²) in [6.45, 7) is 9.14. The van der Waals surface area contributed by atoms with Crippen LogP contribution in [0.3, 0.4) is 0 Å². The van der Waals surface area contributed by atoms with Crippen LogP contribution in [0.5, 0.6) is 5.75 Å². The number of halogens is 1. The number of carbonyl (C=O) groups excluding carboxylic acids is 2. The van der Waals surface area contributed by atoms with Crippen molar-refractivity contribution < 1.29 is 22.7 Å². The Balaban J connectivity index is 2.13. The summed E-state index contributed by atoms with van der Waals surface area (Å²) in [5.41, 5.74) is 2.03. The van der Waals surface area contributed by atoms with Gasteiger partial charge < -0.3 is 15.0 Å². The van der Waals surface area contributed by atoms with Gasteiger partial charge in [0.05, 0.1) is 17.2 Å². The van der Waals surface area contributed by atoms with Crippen LogP contribution in [0.15, 0.2) is 77.7 Å². The van der Waals surface area contributed by atoms with Crippen LogP contribution in [-0.2, 0) is 26.2 Å². The highest BCUT2D eigenvalue weighted by molar-refractivity contribution is 7.92. The van der Waals surface area contributed by atoms with E-state index in [0.717, 1.165) is 15.4 Å². The average molecular weight is 600 g/mol. The normalized spacial score (nSPS) is 12.1. The molecule has 1 N–H and O–H groups in total. The summed E-state index contributed by atoms with van der Waals surface area (Å²) in [4.78, 5) is 28.9. The van der Waals surface area contributed by atoms with Crippen molar-refractivity contribution in [3.05, 3.63) is 88.9 Å². The lowest BCUT2D eigenvalue weighted by Crippen LogP contribution is -2.53. The van der Waals surface area contributed by atoms with E-state index in [9.17, 15) is 18.0 Å². The lowest BCUT2D eigenvalue weighted by atomic mass is 10.1. The minimum Gasteiger partial charge on any atom is -0.492 e. The Morgan fingerprint density at radius 1 is 0.951 bits per heavy atom. The standard InChI is InChI=1S/C31H38ClN3O5S/c1-6-27(31(37)33-22(3)4)34(20-24-13-9-8-12-23(24)5)30(36)21-35(28-14-10-11-15-29(28)40-7-2)41(38,39)26-18-16-25(32)17-19-26/h8-19,22,27H,6-7,20-21H2,1-5H3,(H,33,37)/t27-/m1/s1. The van der Waals surface area contributed by atoms with Gasteiger partial charge in [-0.05, 0) is 81.6 Å². The number of nitrogens with one attached hydrogen (secondary N) is 1. The molecule has 0 aromatic heterocycles. The number of rotatable bonds is 13. The molecular weight excluding hydrogens is 562 g/mol.